The molecule has 3 heterocycles. The molecule has 2 aliphatic rings. The lowest BCUT2D eigenvalue weighted by Crippen LogP contribution is -2.55. The van der Waals surface area contributed by atoms with Crippen molar-refractivity contribution in [1.82, 2.24) is 20.5 Å². The predicted octanol–water partition coefficient (Wildman–Crippen LogP) is 2.31. The molecule has 0 bridgehead atoms. The second kappa shape index (κ2) is 7.52. The molecule has 2 aliphatic heterocycles. The van der Waals surface area contributed by atoms with Crippen LogP contribution in [0.15, 0.2) is 24.4 Å². The topological polar surface area (TPSA) is 74.3 Å². The summed E-state index contributed by atoms with van der Waals surface area (Å²) in [5, 5.41) is 6.44. The Labute approximate surface area is 149 Å². The lowest BCUT2D eigenvalue weighted by Gasteiger charge is -2.38. The van der Waals surface area contributed by atoms with Gasteiger partial charge in [0.15, 0.2) is 0 Å². The number of nitrogens with one attached hydrogen (secondary N) is 2. The van der Waals surface area contributed by atoms with E-state index in [2.05, 4.69) is 29.5 Å². The van der Waals surface area contributed by atoms with E-state index in [0.29, 0.717) is 12.3 Å². The largest absolute Gasteiger partial charge is 0.325 e. The first kappa shape index (κ1) is 17.9. The maximum Gasteiger partial charge on any atom is 0.325 e. The van der Waals surface area contributed by atoms with Crippen molar-refractivity contribution in [2.24, 2.45) is 11.8 Å². The number of carbonyl (C=O) groups is 2. The molecule has 1 atom stereocenters. The van der Waals surface area contributed by atoms with Gasteiger partial charge in [0, 0.05) is 6.20 Å². The smallest absolute Gasteiger partial charge is 0.323 e. The van der Waals surface area contributed by atoms with Gasteiger partial charge in [-0.3, -0.25) is 14.7 Å². The van der Waals surface area contributed by atoms with E-state index >= 15 is 0 Å². The molecule has 1 unspecified atom stereocenters. The van der Waals surface area contributed by atoms with E-state index in [1.54, 1.807) is 6.20 Å². The number of nitrogens with zero attached hydrogens (tertiary/aromatic N) is 2. The Balaban J connectivity index is 1.84. The van der Waals surface area contributed by atoms with Crippen LogP contribution in [0, 0.1) is 11.8 Å². The third-order valence-corrected chi connectivity index (χ3v) is 5.40. The fourth-order valence-electron chi connectivity index (χ4n) is 3.92. The summed E-state index contributed by atoms with van der Waals surface area (Å²) >= 11 is 0. The molecule has 3 rings (SSSR count). The van der Waals surface area contributed by atoms with Gasteiger partial charge >= 0.3 is 6.03 Å². The molecular weight excluding hydrogens is 316 g/mol. The van der Waals surface area contributed by atoms with Crippen molar-refractivity contribution in [1.29, 1.82) is 0 Å². The summed E-state index contributed by atoms with van der Waals surface area (Å²) in [6.07, 6.45) is 5.15. The van der Waals surface area contributed by atoms with Crippen molar-refractivity contribution >= 4 is 11.9 Å². The van der Waals surface area contributed by atoms with E-state index in [9.17, 15) is 9.59 Å². The van der Waals surface area contributed by atoms with E-state index in [4.69, 9.17) is 0 Å². The van der Waals surface area contributed by atoms with Gasteiger partial charge in [-0.1, -0.05) is 19.9 Å². The van der Waals surface area contributed by atoms with Crippen LogP contribution in [-0.4, -0.2) is 40.5 Å². The van der Waals surface area contributed by atoms with Crippen molar-refractivity contribution in [3.63, 3.8) is 0 Å². The summed E-state index contributed by atoms with van der Waals surface area (Å²) in [7, 11) is 0. The highest BCUT2D eigenvalue weighted by Crippen LogP contribution is 2.37. The first-order valence-corrected chi connectivity index (χ1v) is 9.27. The van der Waals surface area contributed by atoms with Gasteiger partial charge in [0.2, 0.25) is 0 Å². The summed E-state index contributed by atoms with van der Waals surface area (Å²) in [5.74, 6) is 0.613. The zero-order valence-corrected chi connectivity index (χ0v) is 15.1. The minimum atomic E-state index is -0.752. The quantitative estimate of drug-likeness (QED) is 0.777. The Hall–Kier alpha value is -1.95. The van der Waals surface area contributed by atoms with Gasteiger partial charge in [-0.15, -0.1) is 0 Å². The van der Waals surface area contributed by atoms with E-state index in [-0.39, 0.29) is 24.4 Å². The first-order valence-electron chi connectivity index (χ1n) is 9.27. The van der Waals surface area contributed by atoms with Gasteiger partial charge in [0.05, 0.1) is 12.2 Å². The van der Waals surface area contributed by atoms with Crippen LogP contribution in [0.4, 0.5) is 4.79 Å². The minimum absolute atomic E-state index is 0.0734. The maximum absolute atomic E-state index is 13.3. The Morgan fingerprint density at radius 3 is 2.68 bits per heavy atom. The standard InChI is InChI=1S/C19H28N4O2/c1-14(2)6-9-19(15-7-11-20-12-8-15)17(24)23(18(25)22-19)13-16-5-3-4-10-21-16/h3-5,10,14-15,20H,6-9,11-13H2,1-2H3,(H,22,25). The molecule has 0 aliphatic carbocycles. The lowest BCUT2D eigenvalue weighted by atomic mass is 9.74. The molecule has 6 nitrogen and oxygen atoms in total. The molecule has 136 valence electrons. The van der Waals surface area contributed by atoms with Crippen LogP contribution in [0.1, 0.15) is 45.2 Å². The van der Waals surface area contributed by atoms with Gasteiger partial charge in [-0.2, -0.15) is 0 Å². The normalized spacial score (nSPS) is 24.8. The van der Waals surface area contributed by atoms with Crippen molar-refractivity contribution < 1.29 is 9.59 Å². The Morgan fingerprint density at radius 1 is 1.28 bits per heavy atom. The Kier molecular flexibility index (Phi) is 5.37. The zero-order chi connectivity index (χ0) is 17.9. The van der Waals surface area contributed by atoms with Gasteiger partial charge in [-0.05, 0) is 62.7 Å². The number of aromatic nitrogens is 1. The van der Waals surface area contributed by atoms with E-state index in [0.717, 1.165) is 38.0 Å². The van der Waals surface area contributed by atoms with Crippen LogP contribution >= 0.6 is 0 Å². The van der Waals surface area contributed by atoms with Gasteiger partial charge in [-0.25, -0.2) is 4.79 Å². The molecule has 1 aromatic heterocycles. The number of piperidine rings is 1. The lowest BCUT2D eigenvalue weighted by molar-refractivity contribution is -0.134. The van der Waals surface area contributed by atoms with Crippen molar-refractivity contribution in [2.45, 2.75) is 51.6 Å². The van der Waals surface area contributed by atoms with Crippen LogP contribution in [0.25, 0.3) is 0 Å². The molecule has 3 amide bonds. The first-order chi connectivity index (χ1) is 12.0. The molecule has 6 heteroatoms. The highest BCUT2D eigenvalue weighted by atomic mass is 16.2. The highest BCUT2D eigenvalue weighted by molar-refractivity contribution is 6.07. The van der Waals surface area contributed by atoms with Crippen molar-refractivity contribution in [3.05, 3.63) is 30.1 Å². The summed E-state index contributed by atoms with van der Waals surface area (Å²) in [4.78, 5) is 31.6. The second-order valence-corrected chi connectivity index (χ2v) is 7.57. The third kappa shape index (κ3) is 3.68. The van der Waals surface area contributed by atoms with Crippen LogP contribution < -0.4 is 10.6 Å². The average Bonchev–Trinajstić information content (AvgIpc) is 2.87. The fourth-order valence-corrected chi connectivity index (χ4v) is 3.92. The maximum atomic E-state index is 13.3. The number of imide groups is 1. The molecule has 2 saturated heterocycles. The summed E-state index contributed by atoms with van der Waals surface area (Å²) in [6, 6.07) is 5.27. The van der Waals surface area contributed by atoms with Crippen molar-refractivity contribution in [2.75, 3.05) is 13.1 Å². The van der Waals surface area contributed by atoms with Crippen LogP contribution in [0.3, 0.4) is 0 Å². The SMILES string of the molecule is CC(C)CCC1(C2CCNCC2)NC(=O)N(Cc2ccccn2)C1=O. The molecule has 25 heavy (non-hydrogen) atoms. The average molecular weight is 344 g/mol. The molecule has 0 spiro atoms. The monoisotopic (exact) mass is 344 g/mol. The molecule has 0 radical (unpaired) electrons. The number of rotatable bonds is 6. The second-order valence-electron chi connectivity index (χ2n) is 7.57. The summed E-state index contributed by atoms with van der Waals surface area (Å²) < 4.78 is 0. The number of hydrogen-bond acceptors (Lipinski definition) is 4. The number of amides is 3. The van der Waals surface area contributed by atoms with Crippen LogP contribution in [0.5, 0.6) is 0 Å². The predicted molar refractivity (Wildman–Crippen MR) is 95.7 cm³/mol. The number of hydrogen-bond donors (Lipinski definition) is 2. The molecule has 2 fully saturated rings. The Bertz CT molecular complexity index is 613. The van der Waals surface area contributed by atoms with Gasteiger partial charge < -0.3 is 10.6 Å². The van der Waals surface area contributed by atoms with Crippen LogP contribution in [0.2, 0.25) is 0 Å². The molecular formula is C19H28N4O2. The number of carbonyl (C=O) groups excluding carboxylic acids is 2. The van der Waals surface area contributed by atoms with Gasteiger partial charge in [0.1, 0.15) is 5.54 Å². The minimum Gasteiger partial charge on any atom is -0.323 e. The third-order valence-electron chi connectivity index (χ3n) is 5.40. The van der Waals surface area contributed by atoms with Crippen LogP contribution in [-0.2, 0) is 11.3 Å². The molecule has 0 saturated carbocycles. The Morgan fingerprint density at radius 2 is 2.04 bits per heavy atom. The van der Waals surface area contributed by atoms with E-state index in [1.165, 1.54) is 4.90 Å². The molecule has 1 aromatic rings. The fraction of sp³-hybridized carbons (Fsp3) is 0.632. The highest BCUT2D eigenvalue weighted by Gasteiger charge is 2.55. The number of pyridine rings is 1. The zero-order valence-electron chi connectivity index (χ0n) is 15.1. The molecule has 2 N–H and O–H groups in total. The van der Waals surface area contributed by atoms with Gasteiger partial charge in [0.25, 0.3) is 5.91 Å². The molecule has 0 aromatic carbocycles. The van der Waals surface area contributed by atoms with E-state index < -0.39 is 5.54 Å². The summed E-state index contributed by atoms with van der Waals surface area (Å²) in [6.45, 7) is 6.35. The van der Waals surface area contributed by atoms with E-state index in [1.807, 2.05) is 18.2 Å². The summed E-state index contributed by atoms with van der Waals surface area (Å²) in [5.41, 5.74) is -0.0194. The number of urea groups is 1. The van der Waals surface area contributed by atoms with Crippen molar-refractivity contribution in [3.8, 4) is 0 Å².